The highest BCUT2D eigenvalue weighted by Crippen LogP contribution is 2.32. The summed E-state index contributed by atoms with van der Waals surface area (Å²) in [6.45, 7) is 6.91. The van der Waals surface area contributed by atoms with Crippen molar-refractivity contribution in [2.75, 3.05) is 37.6 Å². The lowest BCUT2D eigenvalue weighted by Crippen LogP contribution is -2.45. The van der Waals surface area contributed by atoms with E-state index in [1.807, 2.05) is 12.1 Å². The molecule has 0 aliphatic carbocycles. The van der Waals surface area contributed by atoms with E-state index in [9.17, 15) is 9.59 Å². The lowest BCUT2D eigenvalue weighted by atomic mass is 9.95. The monoisotopic (exact) mass is 407 g/mol. The summed E-state index contributed by atoms with van der Waals surface area (Å²) in [4.78, 5) is 28.2. The van der Waals surface area contributed by atoms with Crippen molar-refractivity contribution in [3.8, 4) is 0 Å². The SMILES string of the molecule is CC(=O)NC[C@H]1CC(c2ccc(N3CCN(Cc4ccccc4)CC3)cc2)C(=O)O1. The maximum atomic E-state index is 12.3. The number of anilines is 1. The van der Waals surface area contributed by atoms with E-state index in [0.717, 1.165) is 38.3 Å². The number of piperazine rings is 1. The zero-order valence-electron chi connectivity index (χ0n) is 17.4. The third-order valence-corrected chi connectivity index (χ3v) is 5.93. The van der Waals surface area contributed by atoms with Crippen LogP contribution in [0.5, 0.6) is 0 Å². The van der Waals surface area contributed by atoms with Crippen molar-refractivity contribution < 1.29 is 14.3 Å². The first kappa shape index (κ1) is 20.4. The van der Waals surface area contributed by atoms with E-state index in [-0.39, 0.29) is 23.9 Å². The number of rotatable bonds is 6. The molecule has 0 saturated carbocycles. The summed E-state index contributed by atoms with van der Waals surface area (Å²) in [5, 5.41) is 2.72. The van der Waals surface area contributed by atoms with E-state index in [0.29, 0.717) is 13.0 Å². The van der Waals surface area contributed by atoms with Crippen LogP contribution >= 0.6 is 0 Å². The van der Waals surface area contributed by atoms with Gasteiger partial charge in [-0.05, 0) is 23.3 Å². The van der Waals surface area contributed by atoms with E-state index in [1.54, 1.807) is 0 Å². The summed E-state index contributed by atoms with van der Waals surface area (Å²) in [5.74, 6) is -0.559. The molecule has 2 heterocycles. The quantitative estimate of drug-likeness (QED) is 0.746. The number of nitrogens with zero attached hydrogens (tertiary/aromatic N) is 2. The molecule has 0 bridgehead atoms. The number of nitrogens with one attached hydrogen (secondary N) is 1. The molecule has 6 heteroatoms. The third kappa shape index (κ3) is 5.00. The fourth-order valence-electron chi connectivity index (χ4n) is 4.23. The molecule has 2 fully saturated rings. The van der Waals surface area contributed by atoms with E-state index in [4.69, 9.17) is 4.74 Å². The largest absolute Gasteiger partial charge is 0.460 e. The van der Waals surface area contributed by atoms with Gasteiger partial charge in [0.1, 0.15) is 6.10 Å². The van der Waals surface area contributed by atoms with Crippen LogP contribution < -0.4 is 10.2 Å². The Bertz CT molecular complexity index is 861. The van der Waals surface area contributed by atoms with Crippen molar-refractivity contribution in [1.29, 1.82) is 0 Å². The molecule has 2 aliphatic rings. The molecule has 1 amide bonds. The van der Waals surface area contributed by atoms with Crippen molar-refractivity contribution in [3.05, 3.63) is 65.7 Å². The molecule has 2 saturated heterocycles. The average molecular weight is 408 g/mol. The second kappa shape index (κ2) is 9.30. The summed E-state index contributed by atoms with van der Waals surface area (Å²) in [5.41, 5.74) is 3.53. The van der Waals surface area contributed by atoms with Crippen LogP contribution in [0.4, 0.5) is 5.69 Å². The summed E-state index contributed by atoms with van der Waals surface area (Å²) in [7, 11) is 0. The Morgan fingerprint density at radius 2 is 1.73 bits per heavy atom. The smallest absolute Gasteiger partial charge is 0.313 e. The van der Waals surface area contributed by atoms with E-state index in [2.05, 4.69) is 57.6 Å². The Kier molecular flexibility index (Phi) is 6.33. The molecule has 0 radical (unpaired) electrons. The number of benzene rings is 2. The summed E-state index contributed by atoms with van der Waals surface area (Å²) in [6.07, 6.45) is 0.361. The Hall–Kier alpha value is -2.86. The molecular weight excluding hydrogens is 378 g/mol. The van der Waals surface area contributed by atoms with Crippen molar-refractivity contribution in [2.45, 2.75) is 31.9 Å². The second-order valence-electron chi connectivity index (χ2n) is 8.12. The minimum Gasteiger partial charge on any atom is -0.460 e. The maximum Gasteiger partial charge on any atom is 0.313 e. The Labute approximate surface area is 177 Å². The van der Waals surface area contributed by atoms with Gasteiger partial charge in [0, 0.05) is 51.8 Å². The standard InChI is InChI=1S/C24H29N3O3/c1-18(28)25-16-22-15-23(24(29)30-22)20-7-9-21(10-8-20)27-13-11-26(12-14-27)17-19-5-3-2-4-6-19/h2-10,22-23H,11-17H2,1H3,(H,25,28)/t22-,23?/m1/s1. The first-order chi connectivity index (χ1) is 14.6. The zero-order valence-corrected chi connectivity index (χ0v) is 17.4. The first-order valence-electron chi connectivity index (χ1n) is 10.6. The molecule has 2 atom stereocenters. The van der Waals surface area contributed by atoms with Crippen LogP contribution in [0.1, 0.15) is 30.4 Å². The van der Waals surface area contributed by atoms with Gasteiger partial charge < -0.3 is 15.0 Å². The predicted molar refractivity (Wildman–Crippen MR) is 116 cm³/mol. The van der Waals surface area contributed by atoms with Gasteiger partial charge in [-0.15, -0.1) is 0 Å². The highest BCUT2D eigenvalue weighted by molar-refractivity contribution is 5.80. The number of hydrogen-bond acceptors (Lipinski definition) is 5. The van der Waals surface area contributed by atoms with Crippen LogP contribution in [0.15, 0.2) is 54.6 Å². The van der Waals surface area contributed by atoms with Gasteiger partial charge in [-0.2, -0.15) is 0 Å². The van der Waals surface area contributed by atoms with Gasteiger partial charge >= 0.3 is 5.97 Å². The van der Waals surface area contributed by atoms with Gasteiger partial charge in [-0.3, -0.25) is 14.5 Å². The minimum absolute atomic E-state index is 0.109. The lowest BCUT2D eigenvalue weighted by molar-refractivity contribution is -0.142. The van der Waals surface area contributed by atoms with Crippen molar-refractivity contribution >= 4 is 17.6 Å². The van der Waals surface area contributed by atoms with Gasteiger partial charge in [0.05, 0.1) is 12.5 Å². The van der Waals surface area contributed by atoms with E-state index >= 15 is 0 Å². The topological polar surface area (TPSA) is 61.9 Å². The number of amides is 1. The van der Waals surface area contributed by atoms with Gasteiger partial charge in [0.2, 0.25) is 5.91 Å². The molecule has 1 N–H and O–H groups in total. The lowest BCUT2D eigenvalue weighted by Gasteiger charge is -2.36. The number of cyclic esters (lactones) is 1. The van der Waals surface area contributed by atoms with Crippen molar-refractivity contribution in [3.63, 3.8) is 0 Å². The average Bonchev–Trinajstić information content (AvgIpc) is 3.14. The molecule has 6 nitrogen and oxygen atoms in total. The molecule has 2 aromatic carbocycles. The number of hydrogen-bond donors (Lipinski definition) is 1. The predicted octanol–water partition coefficient (Wildman–Crippen LogP) is 2.54. The summed E-state index contributed by atoms with van der Waals surface area (Å²) >= 11 is 0. The fourth-order valence-corrected chi connectivity index (χ4v) is 4.23. The second-order valence-corrected chi connectivity index (χ2v) is 8.12. The molecule has 4 rings (SSSR count). The van der Waals surface area contributed by atoms with E-state index in [1.165, 1.54) is 18.2 Å². The van der Waals surface area contributed by atoms with Crippen LogP contribution in [0, 0.1) is 0 Å². The third-order valence-electron chi connectivity index (χ3n) is 5.93. The number of ether oxygens (including phenoxy) is 1. The molecule has 2 aromatic rings. The minimum atomic E-state index is -0.250. The van der Waals surface area contributed by atoms with Crippen molar-refractivity contribution in [2.24, 2.45) is 0 Å². The zero-order chi connectivity index (χ0) is 20.9. The first-order valence-corrected chi connectivity index (χ1v) is 10.6. The molecule has 2 aliphatic heterocycles. The molecule has 30 heavy (non-hydrogen) atoms. The van der Waals surface area contributed by atoms with Crippen LogP contribution in [-0.4, -0.2) is 55.6 Å². The Morgan fingerprint density at radius 3 is 2.40 bits per heavy atom. The Morgan fingerprint density at radius 1 is 1.03 bits per heavy atom. The van der Waals surface area contributed by atoms with E-state index < -0.39 is 0 Å². The highest BCUT2D eigenvalue weighted by atomic mass is 16.6. The van der Waals surface area contributed by atoms with Gasteiger partial charge in [-0.25, -0.2) is 0 Å². The van der Waals surface area contributed by atoms with Crippen LogP contribution in [0.25, 0.3) is 0 Å². The molecule has 1 unspecified atom stereocenters. The summed E-state index contributed by atoms with van der Waals surface area (Å²) in [6, 6.07) is 18.9. The summed E-state index contributed by atoms with van der Waals surface area (Å²) < 4.78 is 5.42. The number of carbonyl (C=O) groups is 2. The Balaban J connectivity index is 1.30. The number of esters is 1. The molecular formula is C24H29N3O3. The van der Waals surface area contributed by atoms with Crippen LogP contribution in [0.3, 0.4) is 0 Å². The van der Waals surface area contributed by atoms with Crippen molar-refractivity contribution in [1.82, 2.24) is 10.2 Å². The highest BCUT2D eigenvalue weighted by Gasteiger charge is 2.35. The fraction of sp³-hybridized carbons (Fsp3) is 0.417. The van der Waals surface area contributed by atoms with Crippen LogP contribution in [0.2, 0.25) is 0 Å². The number of carbonyl (C=O) groups excluding carboxylic acids is 2. The normalized spacial score (nSPS) is 22.0. The van der Waals surface area contributed by atoms with Gasteiger partial charge in [0.15, 0.2) is 0 Å². The molecule has 158 valence electrons. The van der Waals surface area contributed by atoms with Gasteiger partial charge in [-0.1, -0.05) is 42.5 Å². The van der Waals surface area contributed by atoms with Gasteiger partial charge in [0.25, 0.3) is 0 Å². The molecule has 0 spiro atoms. The maximum absolute atomic E-state index is 12.3. The van der Waals surface area contributed by atoms with Crippen LogP contribution in [-0.2, 0) is 20.9 Å². The molecule has 0 aromatic heterocycles.